The Kier molecular flexibility index (Phi) is 2.89. The minimum Gasteiger partial charge on any atom is -0.493 e. The first-order valence-electron chi connectivity index (χ1n) is 6.41. The Balaban J connectivity index is 1.98. The minimum absolute atomic E-state index is 0.643. The summed E-state index contributed by atoms with van der Waals surface area (Å²) in [7, 11) is 2.22. The van der Waals surface area contributed by atoms with Crippen LogP contribution in [0.2, 0.25) is 0 Å². The lowest BCUT2D eigenvalue weighted by atomic mass is 9.86. The first kappa shape index (κ1) is 10.8. The Bertz CT molecular complexity index is 417. The molecule has 0 aromatic heterocycles. The fourth-order valence-corrected chi connectivity index (χ4v) is 3.10. The molecule has 2 heteroatoms. The first-order valence-corrected chi connectivity index (χ1v) is 6.41. The average Bonchev–Trinajstić information content (AvgIpc) is 2.56. The van der Waals surface area contributed by atoms with Gasteiger partial charge in [-0.2, -0.15) is 0 Å². The van der Waals surface area contributed by atoms with Gasteiger partial charge in [0.05, 0.1) is 6.61 Å². The van der Waals surface area contributed by atoms with Crippen LogP contribution in [0.25, 0.3) is 0 Å². The Hall–Kier alpha value is -1.28. The van der Waals surface area contributed by atoms with Crippen LogP contribution in [0.15, 0.2) is 47.8 Å². The molecule has 0 radical (unpaired) electrons. The van der Waals surface area contributed by atoms with Crippen LogP contribution >= 0.6 is 0 Å². The third-order valence-corrected chi connectivity index (χ3v) is 3.91. The van der Waals surface area contributed by atoms with Crippen molar-refractivity contribution in [2.24, 2.45) is 11.8 Å². The standard InChI is InChI=1S/C15H19NO/c1-16-10-12-8-9-17-15-7-5-3-2-4-6-13(15)14(12)11-16/h2-7,12,14H,8-11H2,1H3/b3-2-,4-2?,5-3?,6-4-,7-5-,13-6?,15-7?. The molecular weight excluding hydrogens is 210 g/mol. The molecule has 0 aromatic carbocycles. The minimum atomic E-state index is 0.643. The van der Waals surface area contributed by atoms with Crippen LogP contribution in [0.4, 0.5) is 0 Å². The molecule has 3 aliphatic rings. The Morgan fingerprint density at radius 3 is 2.82 bits per heavy atom. The van der Waals surface area contributed by atoms with Gasteiger partial charge < -0.3 is 9.64 Å². The Morgan fingerprint density at radius 2 is 1.94 bits per heavy atom. The fraction of sp³-hybridized carbons (Fsp3) is 0.467. The van der Waals surface area contributed by atoms with Gasteiger partial charge in [-0.05, 0) is 31.0 Å². The van der Waals surface area contributed by atoms with E-state index in [0.29, 0.717) is 5.92 Å². The summed E-state index contributed by atoms with van der Waals surface area (Å²) in [5, 5.41) is 0. The molecule has 0 N–H and O–H groups in total. The van der Waals surface area contributed by atoms with Crippen LogP contribution in [0, 0.1) is 11.8 Å². The second-order valence-electron chi connectivity index (χ2n) is 5.15. The predicted molar refractivity (Wildman–Crippen MR) is 69.5 cm³/mol. The van der Waals surface area contributed by atoms with Gasteiger partial charge >= 0.3 is 0 Å². The molecule has 0 bridgehead atoms. The van der Waals surface area contributed by atoms with Gasteiger partial charge in [-0.3, -0.25) is 0 Å². The van der Waals surface area contributed by atoms with Crippen molar-refractivity contribution < 1.29 is 4.74 Å². The SMILES string of the molecule is CN1CC2CCOC3=C(\C=C/C=C\C=C/3)C2C1. The van der Waals surface area contributed by atoms with Gasteiger partial charge in [0, 0.05) is 19.0 Å². The molecule has 1 fully saturated rings. The van der Waals surface area contributed by atoms with E-state index in [1.807, 2.05) is 6.08 Å². The van der Waals surface area contributed by atoms with Crippen molar-refractivity contribution in [3.63, 3.8) is 0 Å². The summed E-state index contributed by atoms with van der Waals surface area (Å²) in [6.45, 7) is 3.22. The van der Waals surface area contributed by atoms with Crippen LogP contribution in [0.1, 0.15) is 6.42 Å². The van der Waals surface area contributed by atoms with Gasteiger partial charge in [-0.25, -0.2) is 0 Å². The molecular formula is C15H19NO. The van der Waals surface area contributed by atoms with Gasteiger partial charge in [-0.15, -0.1) is 0 Å². The molecule has 3 rings (SSSR count). The largest absolute Gasteiger partial charge is 0.493 e. The lowest BCUT2D eigenvalue weighted by molar-refractivity contribution is 0.208. The zero-order valence-electron chi connectivity index (χ0n) is 10.3. The number of allylic oxidation sites excluding steroid dienone is 6. The van der Waals surface area contributed by atoms with Crippen molar-refractivity contribution in [3.8, 4) is 0 Å². The highest BCUT2D eigenvalue weighted by Crippen LogP contribution is 2.36. The van der Waals surface area contributed by atoms with Gasteiger partial charge in [0.25, 0.3) is 0 Å². The van der Waals surface area contributed by atoms with Crippen molar-refractivity contribution in [3.05, 3.63) is 47.8 Å². The summed E-state index contributed by atoms with van der Waals surface area (Å²) < 4.78 is 5.90. The molecule has 1 aliphatic carbocycles. The fourth-order valence-electron chi connectivity index (χ4n) is 3.10. The van der Waals surface area contributed by atoms with E-state index >= 15 is 0 Å². The average molecular weight is 229 g/mol. The van der Waals surface area contributed by atoms with E-state index < -0.39 is 0 Å². The number of fused-ring (bicyclic) bond motifs is 2. The van der Waals surface area contributed by atoms with Crippen LogP contribution in [0.5, 0.6) is 0 Å². The third kappa shape index (κ3) is 2.09. The summed E-state index contributed by atoms with van der Waals surface area (Å²) >= 11 is 0. The van der Waals surface area contributed by atoms with Crippen molar-refractivity contribution in [2.45, 2.75) is 6.42 Å². The van der Waals surface area contributed by atoms with Gasteiger partial charge in [-0.1, -0.05) is 30.4 Å². The molecule has 2 heterocycles. The third-order valence-electron chi connectivity index (χ3n) is 3.91. The number of hydrogen-bond donors (Lipinski definition) is 0. The zero-order chi connectivity index (χ0) is 11.7. The van der Waals surface area contributed by atoms with Crippen molar-refractivity contribution in [2.75, 3.05) is 26.7 Å². The number of hydrogen-bond acceptors (Lipinski definition) is 2. The topological polar surface area (TPSA) is 12.5 Å². The number of likely N-dealkylation sites (tertiary alicyclic amines) is 1. The highest BCUT2D eigenvalue weighted by Gasteiger charge is 2.35. The van der Waals surface area contributed by atoms with Crippen molar-refractivity contribution >= 4 is 0 Å². The van der Waals surface area contributed by atoms with Crippen molar-refractivity contribution in [1.29, 1.82) is 0 Å². The molecule has 0 spiro atoms. The second-order valence-corrected chi connectivity index (χ2v) is 5.15. The van der Waals surface area contributed by atoms with E-state index in [9.17, 15) is 0 Å². The second kappa shape index (κ2) is 4.53. The Morgan fingerprint density at radius 1 is 1.12 bits per heavy atom. The summed E-state index contributed by atoms with van der Waals surface area (Å²) in [6, 6.07) is 0. The molecule has 90 valence electrons. The highest BCUT2D eigenvalue weighted by atomic mass is 16.5. The predicted octanol–water partition coefficient (Wildman–Crippen LogP) is 2.52. The number of nitrogens with zero attached hydrogens (tertiary/aromatic N) is 1. The van der Waals surface area contributed by atoms with Gasteiger partial charge in [0.15, 0.2) is 0 Å². The number of rotatable bonds is 0. The van der Waals surface area contributed by atoms with Gasteiger partial charge in [0.2, 0.25) is 0 Å². The first-order chi connectivity index (χ1) is 8.34. The van der Waals surface area contributed by atoms with Crippen LogP contribution < -0.4 is 0 Å². The molecule has 1 saturated heterocycles. The lowest BCUT2D eigenvalue weighted by Crippen LogP contribution is -2.15. The molecule has 2 atom stereocenters. The highest BCUT2D eigenvalue weighted by molar-refractivity contribution is 5.38. The molecule has 2 unspecified atom stereocenters. The molecule has 0 amide bonds. The quantitative estimate of drug-likeness (QED) is 0.633. The van der Waals surface area contributed by atoms with E-state index in [1.165, 1.54) is 18.5 Å². The van der Waals surface area contributed by atoms with E-state index in [1.54, 1.807) is 0 Å². The summed E-state index contributed by atoms with van der Waals surface area (Å²) in [4.78, 5) is 2.44. The van der Waals surface area contributed by atoms with E-state index in [4.69, 9.17) is 4.74 Å². The molecule has 2 aliphatic heterocycles. The van der Waals surface area contributed by atoms with E-state index in [-0.39, 0.29) is 0 Å². The molecule has 0 saturated carbocycles. The Labute approximate surface area is 103 Å². The summed E-state index contributed by atoms with van der Waals surface area (Å²) in [6.07, 6.45) is 13.8. The zero-order valence-corrected chi connectivity index (χ0v) is 10.3. The summed E-state index contributed by atoms with van der Waals surface area (Å²) in [5.41, 5.74) is 1.39. The maximum absolute atomic E-state index is 5.90. The van der Waals surface area contributed by atoms with Crippen LogP contribution in [0.3, 0.4) is 0 Å². The van der Waals surface area contributed by atoms with Gasteiger partial charge in [0.1, 0.15) is 5.76 Å². The maximum Gasteiger partial charge on any atom is 0.122 e. The normalized spacial score (nSPS) is 38.2. The van der Waals surface area contributed by atoms with E-state index in [2.05, 4.69) is 42.3 Å². The molecule has 0 aromatic rings. The maximum atomic E-state index is 5.90. The van der Waals surface area contributed by atoms with Crippen molar-refractivity contribution in [1.82, 2.24) is 4.90 Å². The molecule has 2 nitrogen and oxygen atoms in total. The lowest BCUT2D eigenvalue weighted by Gasteiger charge is -2.16. The number of ether oxygens (including phenoxy) is 1. The monoisotopic (exact) mass is 229 g/mol. The molecule has 17 heavy (non-hydrogen) atoms. The van der Waals surface area contributed by atoms with Crippen LogP contribution in [-0.4, -0.2) is 31.6 Å². The van der Waals surface area contributed by atoms with Crippen LogP contribution in [-0.2, 0) is 4.74 Å². The van der Waals surface area contributed by atoms with E-state index in [0.717, 1.165) is 24.8 Å². The smallest absolute Gasteiger partial charge is 0.122 e. The summed E-state index contributed by atoms with van der Waals surface area (Å²) in [5.74, 6) is 2.48.